The number of carbonyl (C=O) groups is 1. The Labute approximate surface area is 89.6 Å². The van der Waals surface area contributed by atoms with E-state index in [0.717, 1.165) is 0 Å². The molecule has 0 rings (SSSR count). The van der Waals surface area contributed by atoms with Gasteiger partial charge in [0, 0.05) is 14.2 Å². The van der Waals surface area contributed by atoms with Crippen molar-refractivity contribution in [2.75, 3.05) is 20.4 Å². The molecule has 0 fully saturated rings. The summed E-state index contributed by atoms with van der Waals surface area (Å²) in [4.78, 5) is 11.2. The number of esters is 1. The van der Waals surface area contributed by atoms with Gasteiger partial charge in [0.1, 0.15) is 6.16 Å². The van der Waals surface area contributed by atoms with Crippen molar-refractivity contribution < 1.29 is 23.1 Å². The van der Waals surface area contributed by atoms with Gasteiger partial charge in [0.2, 0.25) is 0 Å². The van der Waals surface area contributed by atoms with E-state index in [0.29, 0.717) is 0 Å². The molecule has 0 aromatic carbocycles. The molecule has 0 aliphatic rings. The van der Waals surface area contributed by atoms with Crippen LogP contribution in [-0.4, -0.2) is 32.5 Å². The van der Waals surface area contributed by atoms with E-state index in [2.05, 4.69) is 20.9 Å². The van der Waals surface area contributed by atoms with Crippen LogP contribution in [0.4, 0.5) is 0 Å². The molecule has 15 heavy (non-hydrogen) atoms. The highest BCUT2D eigenvalue weighted by molar-refractivity contribution is 7.54. The number of ether oxygens (including phenoxy) is 1. The first kappa shape index (κ1) is 14.2. The van der Waals surface area contributed by atoms with E-state index in [-0.39, 0.29) is 0 Å². The first-order chi connectivity index (χ1) is 6.97. The Morgan fingerprint density at radius 3 is 2.33 bits per heavy atom. The molecule has 0 saturated carbocycles. The third kappa shape index (κ3) is 5.58. The maximum atomic E-state index is 11.5. The smallest absolute Gasteiger partial charge is 0.341 e. The lowest BCUT2D eigenvalue weighted by molar-refractivity contribution is -0.142. The molecule has 1 atom stereocenters. The number of rotatable bonds is 5. The first-order valence-corrected chi connectivity index (χ1v) is 6.02. The summed E-state index contributed by atoms with van der Waals surface area (Å²) in [5.74, 6) is 4.58. The van der Waals surface area contributed by atoms with Crippen molar-refractivity contribution in [3.05, 3.63) is 0 Å². The van der Waals surface area contributed by atoms with Crippen LogP contribution >= 0.6 is 7.60 Å². The predicted octanol–water partition coefficient (Wildman–Crippen LogP) is 1.43. The zero-order valence-corrected chi connectivity index (χ0v) is 10.2. The van der Waals surface area contributed by atoms with Crippen LogP contribution in [0.2, 0.25) is 0 Å². The van der Waals surface area contributed by atoms with Crippen LogP contribution in [0.25, 0.3) is 0 Å². The van der Waals surface area contributed by atoms with Gasteiger partial charge in [0.25, 0.3) is 0 Å². The van der Waals surface area contributed by atoms with Gasteiger partial charge in [-0.15, -0.1) is 5.92 Å². The lowest BCUT2D eigenvalue weighted by Crippen LogP contribution is -2.17. The summed E-state index contributed by atoms with van der Waals surface area (Å²) in [6.45, 7) is 3.26. The minimum atomic E-state index is -3.34. The van der Waals surface area contributed by atoms with Gasteiger partial charge in [0.05, 0.1) is 0 Å². The second kappa shape index (κ2) is 6.62. The van der Waals surface area contributed by atoms with Crippen LogP contribution in [0.15, 0.2) is 0 Å². The van der Waals surface area contributed by atoms with Crippen LogP contribution in [0.1, 0.15) is 13.8 Å². The average Bonchev–Trinajstić information content (AvgIpc) is 2.17. The van der Waals surface area contributed by atoms with Crippen molar-refractivity contribution in [2.45, 2.75) is 20.0 Å². The number of carbonyl (C=O) groups excluding carboxylic acids is 1. The highest BCUT2D eigenvalue weighted by Crippen LogP contribution is 2.46. The quantitative estimate of drug-likeness (QED) is 0.409. The zero-order valence-electron chi connectivity index (χ0n) is 9.27. The Balaban J connectivity index is 4.24. The van der Waals surface area contributed by atoms with E-state index in [1.54, 1.807) is 13.8 Å². The van der Waals surface area contributed by atoms with E-state index in [1.807, 2.05) is 0 Å². The molecule has 1 unspecified atom stereocenters. The molecule has 0 aliphatic heterocycles. The Morgan fingerprint density at radius 1 is 1.40 bits per heavy atom. The summed E-state index contributed by atoms with van der Waals surface area (Å²) in [6.07, 6.45) is -0.930. The molecule has 0 spiro atoms. The number of hydrogen-bond donors (Lipinski definition) is 0. The third-order valence-electron chi connectivity index (χ3n) is 1.53. The summed E-state index contributed by atoms with van der Waals surface area (Å²) in [5.41, 5.74) is 0. The molecule has 0 radical (unpaired) electrons. The van der Waals surface area contributed by atoms with Crippen LogP contribution in [0.5, 0.6) is 0 Å². The van der Waals surface area contributed by atoms with Crippen molar-refractivity contribution in [1.82, 2.24) is 0 Å². The molecule has 0 aromatic heterocycles. The van der Waals surface area contributed by atoms with Gasteiger partial charge in [-0.25, -0.2) is 0 Å². The minimum Gasteiger partial charge on any atom is -0.449 e. The summed E-state index contributed by atoms with van der Waals surface area (Å²) < 4.78 is 25.6. The summed E-state index contributed by atoms with van der Waals surface area (Å²) >= 11 is 0. The van der Waals surface area contributed by atoms with Crippen LogP contribution in [-0.2, 0) is 23.1 Å². The fraction of sp³-hybridized carbons (Fsp3) is 0.667. The van der Waals surface area contributed by atoms with E-state index >= 15 is 0 Å². The average molecular weight is 234 g/mol. The largest absolute Gasteiger partial charge is 0.449 e. The second-order valence-electron chi connectivity index (χ2n) is 2.66. The molecule has 0 heterocycles. The van der Waals surface area contributed by atoms with Gasteiger partial charge in [0.15, 0.2) is 6.10 Å². The monoisotopic (exact) mass is 234 g/mol. The first-order valence-electron chi connectivity index (χ1n) is 4.29. The van der Waals surface area contributed by atoms with E-state index in [1.165, 1.54) is 14.2 Å². The molecular formula is C9H15O5P. The highest BCUT2D eigenvalue weighted by atomic mass is 31.2. The van der Waals surface area contributed by atoms with Crippen molar-refractivity contribution in [1.29, 1.82) is 0 Å². The molecule has 86 valence electrons. The summed E-state index contributed by atoms with van der Waals surface area (Å²) in [6, 6.07) is 0. The number of hydrogen-bond acceptors (Lipinski definition) is 5. The van der Waals surface area contributed by atoms with Gasteiger partial charge in [-0.3, -0.25) is 9.36 Å². The summed E-state index contributed by atoms with van der Waals surface area (Å²) in [5, 5.41) is 0. The minimum absolute atomic E-state index is 0.407. The highest BCUT2D eigenvalue weighted by Gasteiger charge is 2.27. The Kier molecular flexibility index (Phi) is 6.26. The van der Waals surface area contributed by atoms with Gasteiger partial charge in [-0.2, -0.15) is 0 Å². The topological polar surface area (TPSA) is 61.8 Å². The maximum absolute atomic E-state index is 11.5. The van der Waals surface area contributed by atoms with Crippen molar-refractivity contribution in [3.8, 4) is 11.8 Å². The molecule has 0 N–H and O–H groups in total. The van der Waals surface area contributed by atoms with Gasteiger partial charge >= 0.3 is 13.6 Å². The molecule has 5 nitrogen and oxygen atoms in total. The molecule has 0 aliphatic carbocycles. The molecular weight excluding hydrogens is 219 g/mol. The normalized spacial score (nSPS) is 12.5. The molecule has 0 bridgehead atoms. The van der Waals surface area contributed by atoms with E-state index < -0.39 is 25.8 Å². The fourth-order valence-corrected chi connectivity index (χ4v) is 1.63. The summed E-state index contributed by atoms with van der Waals surface area (Å²) in [7, 11) is -0.905. The Hall–Kier alpha value is -0.820. The predicted molar refractivity (Wildman–Crippen MR) is 55.5 cm³/mol. The molecule has 0 amide bonds. The van der Waals surface area contributed by atoms with Gasteiger partial charge in [-0.1, -0.05) is 5.92 Å². The van der Waals surface area contributed by atoms with Crippen molar-refractivity contribution in [3.63, 3.8) is 0 Å². The standard InChI is InChI=1S/C9H15O5P/c1-5-6-8(2)14-9(10)7-15(11,12-3)13-4/h8H,7H2,1-4H3. The molecule has 0 aromatic rings. The molecule has 6 heteroatoms. The maximum Gasteiger partial charge on any atom is 0.341 e. The molecule has 0 saturated heterocycles. The van der Waals surface area contributed by atoms with Crippen molar-refractivity contribution in [2.24, 2.45) is 0 Å². The van der Waals surface area contributed by atoms with Crippen LogP contribution < -0.4 is 0 Å². The second-order valence-corrected chi connectivity index (χ2v) is 4.93. The van der Waals surface area contributed by atoms with E-state index in [4.69, 9.17) is 4.74 Å². The lowest BCUT2D eigenvalue weighted by Gasteiger charge is -2.13. The van der Waals surface area contributed by atoms with Crippen molar-refractivity contribution >= 4 is 13.6 Å². The fourth-order valence-electron chi connectivity index (χ4n) is 0.829. The zero-order chi connectivity index (χ0) is 11.9. The van der Waals surface area contributed by atoms with Gasteiger partial charge < -0.3 is 13.8 Å². The third-order valence-corrected chi connectivity index (χ3v) is 3.29. The van der Waals surface area contributed by atoms with Crippen LogP contribution in [0.3, 0.4) is 0 Å². The van der Waals surface area contributed by atoms with E-state index in [9.17, 15) is 9.36 Å². The Bertz CT molecular complexity index is 306. The van der Waals surface area contributed by atoms with Gasteiger partial charge in [-0.05, 0) is 13.8 Å². The van der Waals surface area contributed by atoms with Crippen LogP contribution in [0, 0.1) is 11.8 Å². The SMILES string of the molecule is CC#CC(C)OC(=O)CP(=O)(OC)OC. The lowest BCUT2D eigenvalue weighted by atomic mass is 10.4. The Morgan fingerprint density at radius 2 is 1.93 bits per heavy atom.